The van der Waals surface area contributed by atoms with E-state index in [4.69, 9.17) is 0 Å². The highest BCUT2D eigenvalue weighted by Crippen LogP contribution is 2.28. The molecule has 0 fully saturated rings. The Morgan fingerprint density at radius 1 is 0.947 bits per heavy atom. The van der Waals surface area contributed by atoms with Crippen molar-refractivity contribution in [3.05, 3.63) is 107 Å². The molecular formula is C31H29N5O2. The number of aromatic nitrogens is 2. The number of pyridine rings is 2. The molecule has 1 N–H and O–H groups in total. The van der Waals surface area contributed by atoms with Crippen LogP contribution in [0.2, 0.25) is 0 Å². The molecule has 7 heteroatoms. The molecule has 0 unspecified atom stereocenters. The minimum absolute atomic E-state index is 0.166. The van der Waals surface area contributed by atoms with Crippen molar-refractivity contribution in [1.82, 2.24) is 9.97 Å². The number of aryl methyl sites for hydroxylation is 1. The summed E-state index contributed by atoms with van der Waals surface area (Å²) in [6.07, 6.45) is 3.25. The van der Waals surface area contributed by atoms with Gasteiger partial charge in [-0.15, -0.1) is 0 Å². The zero-order chi connectivity index (χ0) is 27.4. The zero-order valence-electron chi connectivity index (χ0n) is 22.1. The number of nitrogens with zero attached hydrogens (tertiary/aromatic N) is 4. The number of benzene rings is 2. The van der Waals surface area contributed by atoms with E-state index in [0.29, 0.717) is 28.2 Å². The van der Waals surface area contributed by atoms with Gasteiger partial charge in [0.2, 0.25) is 0 Å². The number of nitriles is 1. The van der Waals surface area contributed by atoms with E-state index >= 15 is 0 Å². The number of rotatable bonds is 5. The van der Waals surface area contributed by atoms with E-state index in [9.17, 15) is 14.9 Å². The van der Waals surface area contributed by atoms with E-state index in [1.807, 2.05) is 64.1 Å². The Labute approximate surface area is 222 Å². The van der Waals surface area contributed by atoms with Crippen LogP contribution in [0.3, 0.4) is 0 Å². The lowest BCUT2D eigenvalue weighted by molar-refractivity contribution is 0.0990. The van der Waals surface area contributed by atoms with Crippen LogP contribution in [0.15, 0.2) is 79.1 Å². The van der Waals surface area contributed by atoms with Gasteiger partial charge in [-0.3, -0.25) is 19.5 Å². The largest absolute Gasteiger partial charge is 0.321 e. The third kappa shape index (κ3) is 5.76. The van der Waals surface area contributed by atoms with Gasteiger partial charge in [0.25, 0.3) is 11.8 Å². The first-order valence-electron chi connectivity index (χ1n) is 12.2. The maximum atomic E-state index is 13.1. The smallest absolute Gasteiger partial charge is 0.259 e. The van der Waals surface area contributed by atoms with Gasteiger partial charge in [0, 0.05) is 35.6 Å². The van der Waals surface area contributed by atoms with Gasteiger partial charge in [0.1, 0.15) is 5.82 Å². The van der Waals surface area contributed by atoms with Gasteiger partial charge >= 0.3 is 0 Å². The molecule has 0 aliphatic heterocycles. The molecule has 0 spiro atoms. The van der Waals surface area contributed by atoms with E-state index in [-0.39, 0.29) is 17.2 Å². The summed E-state index contributed by atoms with van der Waals surface area (Å²) in [5, 5.41) is 12.3. The van der Waals surface area contributed by atoms with Crippen molar-refractivity contribution >= 4 is 23.3 Å². The van der Waals surface area contributed by atoms with Crippen LogP contribution >= 0.6 is 0 Å². The average Bonchev–Trinajstić information content (AvgIpc) is 2.93. The molecule has 7 nitrogen and oxygen atoms in total. The zero-order valence-corrected chi connectivity index (χ0v) is 22.1. The van der Waals surface area contributed by atoms with Gasteiger partial charge in [-0.2, -0.15) is 5.26 Å². The molecular weight excluding hydrogens is 474 g/mol. The minimum Gasteiger partial charge on any atom is -0.321 e. The number of hydrogen-bond acceptors (Lipinski definition) is 5. The van der Waals surface area contributed by atoms with Crippen molar-refractivity contribution in [3.8, 4) is 17.2 Å². The molecule has 4 rings (SSSR count). The van der Waals surface area contributed by atoms with Crippen LogP contribution in [0.5, 0.6) is 0 Å². The summed E-state index contributed by atoms with van der Waals surface area (Å²) in [7, 11) is 1.69. The molecule has 0 saturated heterocycles. The molecule has 2 heterocycles. The number of hydrogen-bond donors (Lipinski definition) is 1. The molecule has 0 aliphatic rings. The maximum Gasteiger partial charge on any atom is 0.259 e. The molecule has 38 heavy (non-hydrogen) atoms. The molecule has 0 saturated carbocycles. The lowest BCUT2D eigenvalue weighted by Crippen LogP contribution is -2.26. The van der Waals surface area contributed by atoms with Crippen LogP contribution in [0, 0.1) is 18.3 Å². The summed E-state index contributed by atoms with van der Waals surface area (Å²) in [6.45, 7) is 8.01. The summed E-state index contributed by atoms with van der Waals surface area (Å²) >= 11 is 0. The Balaban J connectivity index is 1.56. The van der Waals surface area contributed by atoms with Gasteiger partial charge < -0.3 is 5.32 Å². The topological polar surface area (TPSA) is 99.0 Å². The number of carbonyl (C=O) groups excluding carboxylic acids is 2. The van der Waals surface area contributed by atoms with Crippen LogP contribution in [-0.4, -0.2) is 28.8 Å². The first-order valence-corrected chi connectivity index (χ1v) is 12.2. The van der Waals surface area contributed by atoms with Gasteiger partial charge in [0.15, 0.2) is 0 Å². The van der Waals surface area contributed by atoms with Gasteiger partial charge in [0.05, 0.1) is 23.5 Å². The van der Waals surface area contributed by atoms with E-state index in [2.05, 4.69) is 21.4 Å². The molecule has 0 radical (unpaired) electrons. The highest BCUT2D eigenvalue weighted by atomic mass is 16.2. The molecule has 190 valence electrons. The lowest BCUT2D eigenvalue weighted by atomic mass is 9.85. The Morgan fingerprint density at radius 3 is 2.32 bits per heavy atom. The average molecular weight is 504 g/mol. The van der Waals surface area contributed by atoms with E-state index in [1.54, 1.807) is 49.8 Å². The third-order valence-electron chi connectivity index (χ3n) is 6.28. The quantitative estimate of drug-likeness (QED) is 0.352. The predicted molar refractivity (Wildman–Crippen MR) is 149 cm³/mol. The Morgan fingerprint density at radius 2 is 1.68 bits per heavy atom. The van der Waals surface area contributed by atoms with Crippen LogP contribution in [0.1, 0.15) is 58.3 Å². The normalized spacial score (nSPS) is 10.9. The fraction of sp³-hybridized carbons (Fsp3) is 0.194. The number of amides is 2. The summed E-state index contributed by atoms with van der Waals surface area (Å²) < 4.78 is 0. The second-order valence-electron chi connectivity index (χ2n) is 10.1. The van der Waals surface area contributed by atoms with E-state index in [1.165, 1.54) is 4.90 Å². The third-order valence-corrected chi connectivity index (χ3v) is 6.28. The van der Waals surface area contributed by atoms with Crippen LogP contribution < -0.4 is 10.2 Å². The van der Waals surface area contributed by atoms with Crippen LogP contribution in [0.25, 0.3) is 11.1 Å². The maximum absolute atomic E-state index is 13.1. The molecule has 2 amide bonds. The van der Waals surface area contributed by atoms with Crippen molar-refractivity contribution in [2.45, 2.75) is 33.1 Å². The molecule has 2 aromatic carbocycles. The number of carbonyl (C=O) groups is 2. The second-order valence-corrected chi connectivity index (χ2v) is 10.1. The van der Waals surface area contributed by atoms with E-state index in [0.717, 1.165) is 22.4 Å². The van der Waals surface area contributed by atoms with Gasteiger partial charge in [-0.05, 0) is 72.0 Å². The predicted octanol–water partition coefficient (Wildman–Crippen LogP) is 6.15. The standard InChI is InChI=1S/C31H29N5O2/c1-20-27(22-9-11-23(12-10-22)30(38)36(5)28-8-6-7-13-33-28)17-26(19-34-20)35-29(37)24-14-21(18-32)15-25(16-24)31(2,3)4/h6-17,19H,1-5H3,(H,35,37). The lowest BCUT2D eigenvalue weighted by Gasteiger charge is -2.20. The Kier molecular flexibility index (Phi) is 7.35. The summed E-state index contributed by atoms with van der Waals surface area (Å²) in [6, 6.07) is 21.9. The van der Waals surface area contributed by atoms with E-state index < -0.39 is 0 Å². The van der Waals surface area contributed by atoms with Crippen molar-refractivity contribution in [1.29, 1.82) is 5.26 Å². The minimum atomic E-state index is -0.317. The first kappa shape index (κ1) is 26.2. The van der Waals surface area contributed by atoms with Crippen molar-refractivity contribution in [2.24, 2.45) is 0 Å². The highest BCUT2D eigenvalue weighted by molar-refractivity contribution is 6.06. The van der Waals surface area contributed by atoms with Crippen LogP contribution in [-0.2, 0) is 5.41 Å². The number of nitrogens with one attached hydrogen (secondary N) is 1. The highest BCUT2D eigenvalue weighted by Gasteiger charge is 2.19. The summed E-state index contributed by atoms with van der Waals surface area (Å²) in [4.78, 5) is 36.2. The second kappa shape index (κ2) is 10.7. The molecule has 0 aliphatic carbocycles. The summed E-state index contributed by atoms with van der Waals surface area (Å²) in [5.74, 6) is 0.0861. The molecule has 2 aromatic heterocycles. The van der Waals surface area contributed by atoms with Crippen molar-refractivity contribution < 1.29 is 9.59 Å². The van der Waals surface area contributed by atoms with Gasteiger partial charge in [-0.25, -0.2) is 4.98 Å². The summed E-state index contributed by atoms with van der Waals surface area (Å²) in [5.41, 5.74) is 5.10. The monoisotopic (exact) mass is 503 g/mol. The first-order chi connectivity index (χ1) is 18.1. The fourth-order valence-electron chi connectivity index (χ4n) is 4.00. The number of anilines is 2. The SMILES string of the molecule is Cc1ncc(NC(=O)c2cc(C#N)cc(C(C)(C)C)c2)cc1-c1ccc(C(=O)N(C)c2ccccn2)cc1. The van der Waals surface area contributed by atoms with Crippen molar-refractivity contribution in [3.63, 3.8) is 0 Å². The molecule has 4 aromatic rings. The van der Waals surface area contributed by atoms with Crippen LogP contribution in [0.4, 0.5) is 11.5 Å². The molecule has 0 bridgehead atoms. The Hall–Kier alpha value is -4.83. The molecule has 0 atom stereocenters. The van der Waals surface area contributed by atoms with Gasteiger partial charge in [-0.1, -0.05) is 39.0 Å². The Bertz CT molecular complexity index is 1530. The fourth-order valence-corrected chi connectivity index (χ4v) is 4.00. The van der Waals surface area contributed by atoms with Crippen molar-refractivity contribution in [2.75, 3.05) is 17.3 Å².